The van der Waals surface area contributed by atoms with Crippen molar-refractivity contribution in [2.75, 3.05) is 27.4 Å². The first kappa shape index (κ1) is 12.9. The van der Waals surface area contributed by atoms with Crippen LogP contribution in [0.15, 0.2) is 0 Å². The molecular weight excluding hydrogens is 164 g/mol. The molecular formula is C11H24O2. The van der Waals surface area contributed by atoms with Crippen molar-refractivity contribution >= 4 is 0 Å². The number of hydrogen-bond acceptors (Lipinski definition) is 2. The van der Waals surface area contributed by atoms with Crippen LogP contribution in [0.1, 0.15) is 33.1 Å². The summed E-state index contributed by atoms with van der Waals surface area (Å²) < 4.78 is 10.4. The second kappa shape index (κ2) is 8.52. The molecule has 0 aromatic carbocycles. The average molecular weight is 188 g/mol. The molecule has 0 bridgehead atoms. The van der Waals surface area contributed by atoms with E-state index in [4.69, 9.17) is 9.47 Å². The summed E-state index contributed by atoms with van der Waals surface area (Å²) in [5.41, 5.74) is 0. The Balaban J connectivity index is 3.94. The van der Waals surface area contributed by atoms with Crippen molar-refractivity contribution in [2.24, 2.45) is 11.8 Å². The zero-order valence-corrected chi connectivity index (χ0v) is 9.51. The van der Waals surface area contributed by atoms with E-state index >= 15 is 0 Å². The molecule has 80 valence electrons. The van der Waals surface area contributed by atoms with Gasteiger partial charge in [-0.3, -0.25) is 0 Å². The van der Waals surface area contributed by atoms with E-state index in [0.29, 0.717) is 11.8 Å². The Morgan fingerprint density at radius 1 is 0.923 bits per heavy atom. The van der Waals surface area contributed by atoms with Gasteiger partial charge in [0, 0.05) is 27.4 Å². The number of ether oxygens (including phenoxy) is 2. The molecule has 2 nitrogen and oxygen atoms in total. The maximum Gasteiger partial charge on any atom is 0.0493 e. The zero-order chi connectivity index (χ0) is 10.1. The van der Waals surface area contributed by atoms with Gasteiger partial charge >= 0.3 is 0 Å². The maximum absolute atomic E-state index is 5.23. The van der Waals surface area contributed by atoms with Gasteiger partial charge in [-0.15, -0.1) is 0 Å². The van der Waals surface area contributed by atoms with E-state index < -0.39 is 0 Å². The Morgan fingerprint density at radius 3 is 1.85 bits per heavy atom. The first-order valence-corrected chi connectivity index (χ1v) is 5.27. The summed E-state index contributed by atoms with van der Waals surface area (Å²) in [6.07, 6.45) is 3.66. The van der Waals surface area contributed by atoms with Crippen molar-refractivity contribution in [1.82, 2.24) is 0 Å². The fourth-order valence-electron chi connectivity index (χ4n) is 1.84. The average Bonchev–Trinajstić information content (AvgIpc) is 2.14. The summed E-state index contributed by atoms with van der Waals surface area (Å²) in [4.78, 5) is 0. The molecule has 13 heavy (non-hydrogen) atoms. The molecule has 0 saturated carbocycles. The third-order valence-corrected chi connectivity index (χ3v) is 2.61. The second-order valence-electron chi connectivity index (χ2n) is 3.63. The lowest BCUT2D eigenvalue weighted by atomic mass is 9.88. The van der Waals surface area contributed by atoms with E-state index in [0.717, 1.165) is 13.2 Å². The minimum Gasteiger partial charge on any atom is -0.384 e. The normalized spacial score (nSPS) is 15.7. The third kappa shape index (κ3) is 5.27. The van der Waals surface area contributed by atoms with Gasteiger partial charge in [-0.05, 0) is 18.3 Å². The highest BCUT2D eigenvalue weighted by molar-refractivity contribution is 4.68. The molecule has 0 N–H and O–H groups in total. The van der Waals surface area contributed by atoms with Crippen LogP contribution in [0.4, 0.5) is 0 Å². The molecule has 0 amide bonds. The van der Waals surface area contributed by atoms with Crippen LogP contribution < -0.4 is 0 Å². The predicted molar refractivity (Wildman–Crippen MR) is 55.9 cm³/mol. The van der Waals surface area contributed by atoms with Crippen molar-refractivity contribution in [2.45, 2.75) is 33.1 Å². The fourth-order valence-corrected chi connectivity index (χ4v) is 1.84. The van der Waals surface area contributed by atoms with E-state index in [9.17, 15) is 0 Å². The van der Waals surface area contributed by atoms with Gasteiger partial charge in [0.15, 0.2) is 0 Å². The fraction of sp³-hybridized carbons (Fsp3) is 1.00. The molecule has 0 aromatic rings. The van der Waals surface area contributed by atoms with E-state index in [1.54, 1.807) is 14.2 Å². The van der Waals surface area contributed by atoms with Gasteiger partial charge < -0.3 is 9.47 Å². The Hall–Kier alpha value is -0.0800. The number of hydrogen-bond donors (Lipinski definition) is 0. The summed E-state index contributed by atoms with van der Waals surface area (Å²) in [6.45, 7) is 6.18. The highest BCUT2D eigenvalue weighted by atomic mass is 16.5. The molecule has 0 aromatic heterocycles. The lowest BCUT2D eigenvalue weighted by Gasteiger charge is -2.24. The molecule has 0 spiro atoms. The Bertz CT molecular complexity index is 98.3. The van der Waals surface area contributed by atoms with E-state index in [2.05, 4.69) is 13.8 Å². The van der Waals surface area contributed by atoms with Gasteiger partial charge in [0.1, 0.15) is 0 Å². The van der Waals surface area contributed by atoms with Crippen LogP contribution >= 0.6 is 0 Å². The van der Waals surface area contributed by atoms with Crippen molar-refractivity contribution in [3.63, 3.8) is 0 Å². The summed E-state index contributed by atoms with van der Waals surface area (Å²) in [5, 5.41) is 0. The first-order chi connectivity index (χ1) is 6.29. The molecule has 2 unspecified atom stereocenters. The lowest BCUT2D eigenvalue weighted by molar-refractivity contribution is 0.0636. The molecule has 0 fully saturated rings. The van der Waals surface area contributed by atoms with Gasteiger partial charge in [0.05, 0.1) is 0 Å². The summed E-state index contributed by atoms with van der Waals surface area (Å²) >= 11 is 0. The van der Waals surface area contributed by atoms with Crippen LogP contribution in [-0.4, -0.2) is 27.4 Å². The largest absolute Gasteiger partial charge is 0.384 e. The van der Waals surface area contributed by atoms with Crippen LogP contribution in [0.2, 0.25) is 0 Å². The molecule has 0 rings (SSSR count). The smallest absolute Gasteiger partial charge is 0.0493 e. The van der Waals surface area contributed by atoms with E-state index in [-0.39, 0.29) is 0 Å². The topological polar surface area (TPSA) is 18.5 Å². The van der Waals surface area contributed by atoms with Crippen LogP contribution in [0.3, 0.4) is 0 Å². The van der Waals surface area contributed by atoms with Crippen LogP contribution in [-0.2, 0) is 9.47 Å². The van der Waals surface area contributed by atoms with Crippen LogP contribution in [0.5, 0.6) is 0 Å². The highest BCUT2D eigenvalue weighted by Crippen LogP contribution is 2.21. The Kier molecular flexibility index (Phi) is 8.46. The third-order valence-electron chi connectivity index (χ3n) is 2.61. The molecule has 0 heterocycles. The molecule has 0 aliphatic heterocycles. The molecule has 0 saturated heterocycles. The monoisotopic (exact) mass is 188 g/mol. The van der Waals surface area contributed by atoms with Crippen LogP contribution in [0.25, 0.3) is 0 Å². The molecule has 0 aliphatic rings. The number of rotatable bonds is 8. The molecule has 2 heteroatoms. The van der Waals surface area contributed by atoms with Gasteiger partial charge in [-0.25, -0.2) is 0 Å². The van der Waals surface area contributed by atoms with E-state index in [1.165, 1.54) is 19.3 Å². The first-order valence-electron chi connectivity index (χ1n) is 5.27. The predicted octanol–water partition coefficient (Wildman–Crippen LogP) is 2.72. The standard InChI is InChI=1S/C11H24O2/c1-5-7-11(9-13-4)10(6-2)8-12-3/h10-11H,5-9H2,1-4H3. The molecule has 0 aliphatic carbocycles. The van der Waals surface area contributed by atoms with Gasteiger partial charge in [-0.1, -0.05) is 26.7 Å². The molecule has 0 radical (unpaired) electrons. The van der Waals surface area contributed by atoms with Gasteiger partial charge in [0.2, 0.25) is 0 Å². The number of methoxy groups -OCH3 is 2. The minimum atomic E-state index is 0.657. The van der Waals surface area contributed by atoms with Gasteiger partial charge in [-0.2, -0.15) is 0 Å². The van der Waals surface area contributed by atoms with E-state index in [1.807, 2.05) is 0 Å². The second-order valence-corrected chi connectivity index (χ2v) is 3.63. The summed E-state index contributed by atoms with van der Waals surface area (Å²) in [5.74, 6) is 1.32. The summed E-state index contributed by atoms with van der Waals surface area (Å²) in [7, 11) is 3.56. The van der Waals surface area contributed by atoms with Crippen molar-refractivity contribution in [1.29, 1.82) is 0 Å². The highest BCUT2D eigenvalue weighted by Gasteiger charge is 2.18. The van der Waals surface area contributed by atoms with Crippen LogP contribution in [0, 0.1) is 11.8 Å². The van der Waals surface area contributed by atoms with Crippen molar-refractivity contribution in [3.05, 3.63) is 0 Å². The van der Waals surface area contributed by atoms with Gasteiger partial charge in [0.25, 0.3) is 0 Å². The lowest BCUT2D eigenvalue weighted by Crippen LogP contribution is -2.23. The Labute approximate surface area is 82.6 Å². The zero-order valence-electron chi connectivity index (χ0n) is 9.51. The summed E-state index contributed by atoms with van der Waals surface area (Å²) in [6, 6.07) is 0. The SMILES string of the molecule is CCCC(COC)C(CC)COC. The van der Waals surface area contributed by atoms with Crippen molar-refractivity contribution < 1.29 is 9.47 Å². The van der Waals surface area contributed by atoms with Crippen molar-refractivity contribution in [3.8, 4) is 0 Å². The Morgan fingerprint density at radius 2 is 1.46 bits per heavy atom. The quantitative estimate of drug-likeness (QED) is 0.583. The maximum atomic E-state index is 5.23. The minimum absolute atomic E-state index is 0.657. The molecule has 2 atom stereocenters.